The number of nitrogens with zero attached hydrogens (tertiary/aromatic N) is 5. The Hall–Kier alpha value is -4.58. The highest BCUT2D eigenvalue weighted by molar-refractivity contribution is 5.96. The summed E-state index contributed by atoms with van der Waals surface area (Å²) >= 11 is 0. The van der Waals surface area contributed by atoms with Crippen molar-refractivity contribution < 1.29 is 23.1 Å². The predicted molar refractivity (Wildman–Crippen MR) is 146 cm³/mol. The molecule has 12 heteroatoms. The van der Waals surface area contributed by atoms with Gasteiger partial charge in [-0.2, -0.15) is 4.39 Å². The van der Waals surface area contributed by atoms with Gasteiger partial charge in [-0.3, -0.25) is 14.0 Å². The number of anilines is 2. The zero-order valence-electron chi connectivity index (χ0n) is 22.4. The summed E-state index contributed by atoms with van der Waals surface area (Å²) < 4.78 is 35.6. The van der Waals surface area contributed by atoms with Crippen LogP contribution in [0.3, 0.4) is 0 Å². The van der Waals surface area contributed by atoms with E-state index in [1.807, 2.05) is 13.0 Å². The lowest BCUT2D eigenvalue weighted by Gasteiger charge is -2.35. The number of likely N-dealkylation sites (N-methyl/N-ethyl adjacent to an activating group) is 1. The number of amides is 2. The van der Waals surface area contributed by atoms with Crippen LogP contribution in [-0.4, -0.2) is 82.9 Å². The first-order chi connectivity index (χ1) is 19.3. The number of ether oxygens (including phenoxy) is 1. The van der Waals surface area contributed by atoms with Gasteiger partial charge in [-0.15, -0.1) is 0 Å². The molecule has 2 aromatic heterocycles. The lowest BCUT2D eigenvalue weighted by molar-refractivity contribution is -0.131. The maximum atomic E-state index is 14.8. The van der Waals surface area contributed by atoms with E-state index in [0.29, 0.717) is 54.6 Å². The van der Waals surface area contributed by atoms with Gasteiger partial charge >= 0.3 is 0 Å². The fourth-order valence-electron chi connectivity index (χ4n) is 4.80. The van der Waals surface area contributed by atoms with Crippen molar-refractivity contribution in [2.75, 3.05) is 52.2 Å². The quantitative estimate of drug-likeness (QED) is 0.365. The Kier molecular flexibility index (Phi) is 7.60. The van der Waals surface area contributed by atoms with Gasteiger partial charge in [0.2, 0.25) is 11.7 Å². The third-order valence-corrected chi connectivity index (χ3v) is 6.94. The second-order valence-electron chi connectivity index (χ2n) is 9.41. The molecule has 0 radical (unpaired) electrons. The number of hydrogen-bond acceptors (Lipinski definition) is 7. The van der Waals surface area contributed by atoms with E-state index >= 15 is 0 Å². The lowest BCUT2D eigenvalue weighted by Crippen LogP contribution is -2.52. The van der Waals surface area contributed by atoms with Gasteiger partial charge in [0.15, 0.2) is 23.0 Å². The van der Waals surface area contributed by atoms with E-state index in [2.05, 4.69) is 20.6 Å². The van der Waals surface area contributed by atoms with E-state index in [9.17, 15) is 18.4 Å². The number of carbonyl (C=O) groups is 2. The number of fused-ring (bicyclic) bond motifs is 1. The minimum absolute atomic E-state index is 0.0238. The van der Waals surface area contributed by atoms with Crippen molar-refractivity contribution in [2.45, 2.75) is 6.92 Å². The zero-order valence-corrected chi connectivity index (χ0v) is 22.4. The van der Waals surface area contributed by atoms with Crippen molar-refractivity contribution in [3.63, 3.8) is 0 Å². The topological polar surface area (TPSA) is 104 Å². The highest BCUT2D eigenvalue weighted by atomic mass is 19.2. The van der Waals surface area contributed by atoms with Crippen LogP contribution in [0.15, 0.2) is 48.9 Å². The zero-order chi connectivity index (χ0) is 28.4. The summed E-state index contributed by atoms with van der Waals surface area (Å²) in [6, 6.07) is 8.18. The SMILES string of the molecule is CNCC(=O)N1CCN(C(=O)c2ccc(Nc3nccn4c(-c5ccc(OC)c(F)c5F)cnc34)cc2C)CC1. The first-order valence-corrected chi connectivity index (χ1v) is 12.8. The van der Waals surface area contributed by atoms with Crippen molar-refractivity contribution in [3.8, 4) is 17.0 Å². The standard InChI is InChI=1S/C28H29F2N7O3/c1-17-14-18(4-5-19(17)28(39)36-12-10-35(11-13-36)23(38)16-31-2)34-26-27-33-15-21(37(27)9-8-32-26)20-6-7-22(40-3)25(30)24(20)29/h4-9,14-15,31H,10-13,16H2,1-3H3,(H,32,34). The van der Waals surface area contributed by atoms with Gasteiger partial charge < -0.3 is 25.2 Å². The monoisotopic (exact) mass is 549 g/mol. The lowest BCUT2D eigenvalue weighted by atomic mass is 10.1. The van der Waals surface area contributed by atoms with Gasteiger partial charge in [0.25, 0.3) is 5.91 Å². The van der Waals surface area contributed by atoms with E-state index in [0.717, 1.165) is 5.56 Å². The molecular formula is C28H29F2N7O3. The van der Waals surface area contributed by atoms with Gasteiger partial charge in [-0.25, -0.2) is 14.4 Å². The number of aromatic nitrogens is 3. The molecule has 3 heterocycles. The molecule has 0 atom stereocenters. The van der Waals surface area contributed by atoms with E-state index in [4.69, 9.17) is 4.74 Å². The van der Waals surface area contributed by atoms with Crippen LogP contribution in [0.25, 0.3) is 16.9 Å². The Morgan fingerprint density at radius 1 is 1.02 bits per heavy atom. The average molecular weight is 550 g/mol. The first-order valence-electron chi connectivity index (χ1n) is 12.8. The van der Waals surface area contributed by atoms with Crippen molar-refractivity contribution >= 4 is 29.0 Å². The molecule has 4 aromatic rings. The van der Waals surface area contributed by atoms with Crippen molar-refractivity contribution in [2.24, 2.45) is 0 Å². The number of benzene rings is 2. The van der Waals surface area contributed by atoms with Gasteiger partial charge in [0.1, 0.15) is 0 Å². The average Bonchev–Trinajstić information content (AvgIpc) is 3.39. The fraction of sp³-hybridized carbons (Fsp3) is 0.286. The first kappa shape index (κ1) is 27.0. The van der Waals surface area contributed by atoms with Crippen LogP contribution in [0.1, 0.15) is 15.9 Å². The molecule has 5 rings (SSSR count). The Labute approximate surface area is 229 Å². The second kappa shape index (κ2) is 11.3. The molecule has 1 aliphatic heterocycles. The van der Waals surface area contributed by atoms with Gasteiger partial charge in [-0.1, -0.05) is 0 Å². The maximum absolute atomic E-state index is 14.8. The molecular weight excluding hydrogens is 520 g/mol. The summed E-state index contributed by atoms with van der Waals surface area (Å²) in [4.78, 5) is 37.6. The highest BCUT2D eigenvalue weighted by Gasteiger charge is 2.25. The number of nitrogens with one attached hydrogen (secondary N) is 2. The minimum Gasteiger partial charge on any atom is -0.494 e. The Balaban J connectivity index is 1.34. The third kappa shape index (κ3) is 5.05. The van der Waals surface area contributed by atoms with Crippen LogP contribution in [0.4, 0.5) is 20.3 Å². The number of aryl methyl sites for hydroxylation is 1. The molecule has 2 N–H and O–H groups in total. The van der Waals surface area contributed by atoms with Crippen LogP contribution >= 0.6 is 0 Å². The molecule has 10 nitrogen and oxygen atoms in total. The Morgan fingerprint density at radius 2 is 1.77 bits per heavy atom. The van der Waals surface area contributed by atoms with Crippen molar-refractivity contribution in [3.05, 3.63) is 71.7 Å². The second-order valence-corrected chi connectivity index (χ2v) is 9.41. The molecule has 40 heavy (non-hydrogen) atoms. The van der Waals surface area contributed by atoms with Gasteiger partial charge in [0, 0.05) is 55.4 Å². The number of carbonyl (C=O) groups excluding carboxylic acids is 2. The van der Waals surface area contributed by atoms with Crippen LogP contribution < -0.4 is 15.4 Å². The number of methoxy groups -OCH3 is 1. The summed E-state index contributed by atoms with van der Waals surface area (Å²) in [5, 5.41) is 6.08. The van der Waals surface area contributed by atoms with Crippen LogP contribution in [0, 0.1) is 18.6 Å². The predicted octanol–water partition coefficient (Wildman–Crippen LogP) is 3.24. The van der Waals surface area contributed by atoms with E-state index in [1.54, 1.807) is 39.6 Å². The fourth-order valence-corrected chi connectivity index (χ4v) is 4.80. The summed E-state index contributed by atoms with van der Waals surface area (Å²) in [6.07, 6.45) is 4.60. The smallest absolute Gasteiger partial charge is 0.254 e. The molecule has 0 spiro atoms. The van der Waals surface area contributed by atoms with Crippen LogP contribution in [0.5, 0.6) is 5.75 Å². The summed E-state index contributed by atoms with van der Waals surface area (Å²) in [5.74, 6) is -1.94. The molecule has 2 aromatic carbocycles. The molecule has 1 aliphatic rings. The number of rotatable bonds is 7. The minimum atomic E-state index is -1.07. The Bertz CT molecular complexity index is 1580. The summed E-state index contributed by atoms with van der Waals surface area (Å²) in [7, 11) is 3.00. The Morgan fingerprint density at radius 3 is 2.48 bits per heavy atom. The third-order valence-electron chi connectivity index (χ3n) is 6.94. The van der Waals surface area contributed by atoms with Crippen molar-refractivity contribution in [1.82, 2.24) is 29.5 Å². The largest absolute Gasteiger partial charge is 0.494 e. The maximum Gasteiger partial charge on any atom is 0.254 e. The highest BCUT2D eigenvalue weighted by Crippen LogP contribution is 2.31. The van der Waals surface area contributed by atoms with E-state index in [1.165, 1.54) is 31.6 Å². The number of imidazole rings is 1. The molecule has 0 bridgehead atoms. The van der Waals surface area contributed by atoms with E-state index in [-0.39, 0.29) is 29.7 Å². The number of piperazine rings is 1. The molecule has 1 fully saturated rings. The molecule has 0 aliphatic carbocycles. The number of hydrogen-bond donors (Lipinski definition) is 2. The van der Waals surface area contributed by atoms with Crippen LogP contribution in [-0.2, 0) is 4.79 Å². The number of halogens is 2. The normalized spacial score (nSPS) is 13.5. The summed E-state index contributed by atoms with van der Waals surface area (Å²) in [6.45, 7) is 4.08. The summed E-state index contributed by atoms with van der Waals surface area (Å²) in [5.41, 5.74) is 2.83. The molecule has 0 saturated carbocycles. The van der Waals surface area contributed by atoms with Gasteiger partial charge in [-0.05, 0) is 49.9 Å². The van der Waals surface area contributed by atoms with Crippen molar-refractivity contribution in [1.29, 1.82) is 0 Å². The van der Waals surface area contributed by atoms with E-state index < -0.39 is 11.6 Å². The molecule has 2 amide bonds. The van der Waals surface area contributed by atoms with Gasteiger partial charge in [0.05, 0.1) is 25.5 Å². The van der Waals surface area contributed by atoms with Crippen LogP contribution in [0.2, 0.25) is 0 Å². The molecule has 208 valence electrons. The molecule has 1 saturated heterocycles. The molecule has 0 unspecified atom stereocenters.